The normalized spacial score (nSPS) is 44.9. The number of hydrogen-bond acceptors (Lipinski definition) is 12. The lowest BCUT2D eigenvalue weighted by atomic mass is 9.53. The van der Waals surface area contributed by atoms with E-state index in [1.165, 1.54) is 20.8 Å². The van der Waals surface area contributed by atoms with Crippen LogP contribution in [-0.2, 0) is 57.1 Å². The van der Waals surface area contributed by atoms with Crippen molar-refractivity contribution in [2.45, 2.75) is 135 Å². The van der Waals surface area contributed by atoms with Gasteiger partial charge in [-0.05, 0) is 38.8 Å². The molecule has 2 aliphatic carbocycles. The van der Waals surface area contributed by atoms with Crippen molar-refractivity contribution in [3.63, 3.8) is 0 Å². The van der Waals surface area contributed by atoms with E-state index in [2.05, 4.69) is 0 Å². The SMILES string of the molecule is CCCC(=O)OC1CC(OC(C)=O)C(C)=CC2OC(=O)C3(C)OC23C(OC(C)=O)C2C3(C)OC3CC(OC(C)=O)C12C. The Hall–Kier alpha value is -2.99. The Labute approximate surface area is 244 Å². The van der Waals surface area contributed by atoms with Crippen LogP contribution < -0.4 is 0 Å². The standard InChI is InChI=1S/C30H40O12/c1-9-10-23(34)39-19-12-18(36-15(3)31)14(2)11-22-30(29(8,42-30)26(35)40-22)25(38-17(5)33)24-27(19,6)20(37-16(4)32)13-21-28(24,7)41-21/h11,18-22,24-25H,9-10,12-13H2,1-8H3. The van der Waals surface area contributed by atoms with Crippen molar-refractivity contribution < 1.29 is 57.1 Å². The third kappa shape index (κ3) is 4.44. The van der Waals surface area contributed by atoms with Crippen molar-refractivity contribution in [3.05, 3.63) is 11.6 Å². The molecule has 11 unspecified atom stereocenters. The summed E-state index contributed by atoms with van der Waals surface area (Å²) in [6.45, 7) is 12.6. The molecule has 232 valence electrons. The van der Waals surface area contributed by atoms with Crippen LogP contribution in [0.25, 0.3) is 0 Å². The van der Waals surface area contributed by atoms with Crippen molar-refractivity contribution >= 4 is 29.8 Å². The highest BCUT2D eigenvalue weighted by molar-refractivity contribution is 5.89. The summed E-state index contributed by atoms with van der Waals surface area (Å²) >= 11 is 0. The number of fused-ring (bicyclic) bond motifs is 3. The lowest BCUT2D eigenvalue weighted by Gasteiger charge is -2.54. The van der Waals surface area contributed by atoms with Crippen LogP contribution in [0.1, 0.15) is 81.1 Å². The molecular weight excluding hydrogens is 552 g/mol. The molecule has 0 aromatic carbocycles. The number of rotatable bonds is 6. The van der Waals surface area contributed by atoms with Crippen molar-refractivity contribution in [2.75, 3.05) is 0 Å². The fourth-order valence-electron chi connectivity index (χ4n) is 7.81. The number of ether oxygens (including phenoxy) is 7. The van der Waals surface area contributed by atoms with Crippen molar-refractivity contribution in [2.24, 2.45) is 11.3 Å². The molecule has 5 aliphatic rings. The van der Waals surface area contributed by atoms with Gasteiger partial charge in [0, 0.05) is 46.0 Å². The largest absolute Gasteiger partial charge is 0.462 e. The van der Waals surface area contributed by atoms with E-state index in [0.717, 1.165) is 0 Å². The Bertz CT molecular complexity index is 1240. The summed E-state index contributed by atoms with van der Waals surface area (Å²) in [5.74, 6) is -3.68. The monoisotopic (exact) mass is 592 g/mol. The maximum absolute atomic E-state index is 13.2. The minimum atomic E-state index is -1.48. The van der Waals surface area contributed by atoms with E-state index in [-0.39, 0.29) is 25.4 Å². The van der Waals surface area contributed by atoms with Crippen LogP contribution in [-0.4, -0.2) is 83.3 Å². The van der Waals surface area contributed by atoms with Gasteiger partial charge in [-0.15, -0.1) is 0 Å². The second kappa shape index (κ2) is 10.0. The Morgan fingerprint density at radius 1 is 0.929 bits per heavy atom. The highest BCUT2D eigenvalue weighted by Crippen LogP contribution is 2.69. The summed E-state index contributed by atoms with van der Waals surface area (Å²) in [5.41, 5.74) is -4.63. The maximum Gasteiger partial charge on any atom is 0.342 e. The average Bonchev–Trinajstić information content (AvgIpc) is 3.70. The Kier molecular flexibility index (Phi) is 7.28. The summed E-state index contributed by atoms with van der Waals surface area (Å²) in [5, 5.41) is 0. The number of hydrogen-bond donors (Lipinski definition) is 0. The molecule has 0 N–H and O–H groups in total. The van der Waals surface area contributed by atoms with E-state index in [1.54, 1.807) is 19.9 Å². The first-order valence-corrected chi connectivity index (χ1v) is 14.5. The van der Waals surface area contributed by atoms with E-state index >= 15 is 0 Å². The predicted molar refractivity (Wildman–Crippen MR) is 141 cm³/mol. The predicted octanol–water partition coefficient (Wildman–Crippen LogP) is 2.48. The summed E-state index contributed by atoms with van der Waals surface area (Å²) in [4.78, 5) is 63.9. The molecular formula is C30H40O12. The summed E-state index contributed by atoms with van der Waals surface area (Å²) < 4.78 is 42.3. The van der Waals surface area contributed by atoms with Crippen LogP contribution in [0.2, 0.25) is 0 Å². The van der Waals surface area contributed by atoms with Gasteiger partial charge in [0.15, 0.2) is 17.3 Å². The van der Waals surface area contributed by atoms with Crippen molar-refractivity contribution in [3.8, 4) is 0 Å². The van der Waals surface area contributed by atoms with Crippen molar-refractivity contribution in [1.82, 2.24) is 0 Å². The van der Waals surface area contributed by atoms with Crippen LogP contribution >= 0.6 is 0 Å². The average molecular weight is 593 g/mol. The minimum Gasteiger partial charge on any atom is -0.462 e. The lowest BCUT2D eigenvalue weighted by molar-refractivity contribution is -0.216. The molecule has 3 aliphatic heterocycles. The summed E-state index contributed by atoms with van der Waals surface area (Å²) in [6.07, 6.45) is -2.70. The van der Waals surface area contributed by atoms with E-state index < -0.39 is 88.5 Å². The van der Waals surface area contributed by atoms with Gasteiger partial charge in [0.1, 0.15) is 24.4 Å². The molecule has 12 heteroatoms. The quantitative estimate of drug-likeness (QED) is 0.192. The topological polar surface area (TPSA) is 157 Å². The van der Waals surface area contributed by atoms with Gasteiger partial charge in [-0.3, -0.25) is 19.2 Å². The van der Waals surface area contributed by atoms with Gasteiger partial charge in [-0.25, -0.2) is 4.79 Å². The van der Waals surface area contributed by atoms with Crippen LogP contribution in [0.15, 0.2) is 11.6 Å². The number of carbonyl (C=O) groups excluding carboxylic acids is 5. The van der Waals surface area contributed by atoms with Gasteiger partial charge in [-0.2, -0.15) is 0 Å². The fraction of sp³-hybridized carbons (Fsp3) is 0.767. The molecule has 5 rings (SSSR count). The van der Waals surface area contributed by atoms with Crippen LogP contribution in [0.5, 0.6) is 0 Å². The third-order valence-electron chi connectivity index (χ3n) is 9.92. The van der Waals surface area contributed by atoms with Crippen LogP contribution in [0, 0.1) is 11.3 Å². The summed E-state index contributed by atoms with van der Waals surface area (Å²) in [7, 11) is 0. The second-order valence-electron chi connectivity index (χ2n) is 12.7. The number of carbonyl (C=O) groups is 5. The Morgan fingerprint density at radius 2 is 1.55 bits per heavy atom. The molecule has 0 aromatic rings. The smallest absolute Gasteiger partial charge is 0.342 e. The molecule has 0 bridgehead atoms. The molecule has 12 nitrogen and oxygen atoms in total. The molecule has 0 radical (unpaired) electrons. The van der Waals surface area contributed by atoms with E-state index in [0.29, 0.717) is 12.0 Å². The zero-order chi connectivity index (χ0) is 31.0. The molecule has 3 heterocycles. The zero-order valence-corrected chi connectivity index (χ0v) is 25.3. The molecule has 0 amide bonds. The maximum atomic E-state index is 13.2. The van der Waals surface area contributed by atoms with E-state index in [4.69, 9.17) is 33.2 Å². The van der Waals surface area contributed by atoms with Crippen LogP contribution in [0.3, 0.4) is 0 Å². The van der Waals surface area contributed by atoms with E-state index in [9.17, 15) is 24.0 Å². The lowest BCUT2D eigenvalue weighted by Crippen LogP contribution is -2.66. The zero-order valence-electron chi connectivity index (χ0n) is 25.3. The van der Waals surface area contributed by atoms with Gasteiger partial charge >= 0.3 is 29.8 Å². The van der Waals surface area contributed by atoms with Gasteiger partial charge in [-0.1, -0.05) is 13.8 Å². The molecule has 1 spiro atoms. The van der Waals surface area contributed by atoms with Crippen molar-refractivity contribution in [1.29, 1.82) is 0 Å². The Balaban J connectivity index is 1.78. The first kappa shape index (κ1) is 30.5. The number of epoxide rings is 2. The first-order chi connectivity index (χ1) is 19.5. The van der Waals surface area contributed by atoms with Crippen LogP contribution in [0.4, 0.5) is 0 Å². The highest BCUT2D eigenvalue weighted by Gasteiger charge is 2.89. The van der Waals surface area contributed by atoms with Gasteiger partial charge in [0.05, 0.1) is 17.1 Å². The van der Waals surface area contributed by atoms with E-state index in [1.807, 2.05) is 20.8 Å². The first-order valence-electron chi connectivity index (χ1n) is 14.5. The van der Waals surface area contributed by atoms with Gasteiger partial charge in [0.2, 0.25) is 0 Å². The highest BCUT2D eigenvalue weighted by atomic mass is 16.7. The molecule has 4 fully saturated rings. The second-order valence-corrected chi connectivity index (χ2v) is 12.7. The fourth-order valence-corrected chi connectivity index (χ4v) is 7.81. The molecule has 42 heavy (non-hydrogen) atoms. The Morgan fingerprint density at radius 3 is 2.12 bits per heavy atom. The summed E-state index contributed by atoms with van der Waals surface area (Å²) in [6, 6.07) is 0. The molecule has 0 aromatic heterocycles. The molecule has 11 atom stereocenters. The third-order valence-corrected chi connectivity index (χ3v) is 9.92. The van der Waals surface area contributed by atoms with Gasteiger partial charge in [0.25, 0.3) is 0 Å². The number of esters is 5. The minimum absolute atomic E-state index is 0.00145. The molecule has 1 saturated carbocycles. The van der Waals surface area contributed by atoms with Gasteiger partial charge < -0.3 is 33.2 Å². The molecule has 3 saturated heterocycles.